The second kappa shape index (κ2) is 5.02. The Morgan fingerprint density at radius 2 is 2.27 bits per heavy atom. The van der Waals surface area contributed by atoms with E-state index >= 15 is 0 Å². The predicted octanol–water partition coefficient (Wildman–Crippen LogP) is 3.06. The SMILES string of the molecule is O=C(O)c1cc(I)c(C(F)F)nc1CCl. The van der Waals surface area contributed by atoms with Crippen LogP contribution >= 0.6 is 34.2 Å². The number of pyridine rings is 1. The Morgan fingerprint density at radius 3 is 2.67 bits per heavy atom. The molecule has 1 rings (SSSR count). The van der Waals surface area contributed by atoms with Crippen LogP contribution < -0.4 is 0 Å². The maximum atomic E-state index is 12.4. The van der Waals surface area contributed by atoms with Crippen LogP contribution in [0.1, 0.15) is 28.2 Å². The Hall–Kier alpha value is -0.500. The molecule has 0 aliphatic heterocycles. The molecule has 0 saturated carbocycles. The van der Waals surface area contributed by atoms with Crippen LogP contribution in [0.2, 0.25) is 0 Å². The number of carbonyl (C=O) groups is 1. The fourth-order valence-corrected chi connectivity index (χ4v) is 1.85. The molecule has 0 fully saturated rings. The maximum Gasteiger partial charge on any atom is 0.337 e. The lowest BCUT2D eigenvalue weighted by atomic mass is 10.2. The largest absolute Gasteiger partial charge is 0.478 e. The number of hydrogen-bond donors (Lipinski definition) is 1. The lowest BCUT2D eigenvalue weighted by Crippen LogP contribution is -2.08. The van der Waals surface area contributed by atoms with Gasteiger partial charge in [0.25, 0.3) is 6.43 Å². The van der Waals surface area contributed by atoms with Crippen LogP contribution in [-0.4, -0.2) is 16.1 Å². The van der Waals surface area contributed by atoms with Gasteiger partial charge in [-0.1, -0.05) is 0 Å². The summed E-state index contributed by atoms with van der Waals surface area (Å²) in [5.74, 6) is -1.44. The molecule has 0 aromatic carbocycles. The maximum absolute atomic E-state index is 12.4. The summed E-state index contributed by atoms with van der Waals surface area (Å²) in [4.78, 5) is 14.3. The van der Waals surface area contributed by atoms with Crippen LogP contribution in [0.3, 0.4) is 0 Å². The first-order valence-electron chi connectivity index (χ1n) is 3.74. The summed E-state index contributed by atoms with van der Waals surface area (Å²) in [6, 6.07) is 1.15. The van der Waals surface area contributed by atoms with E-state index in [-0.39, 0.29) is 20.7 Å². The van der Waals surface area contributed by atoms with Gasteiger partial charge in [0.2, 0.25) is 0 Å². The van der Waals surface area contributed by atoms with Crippen LogP contribution in [0.5, 0.6) is 0 Å². The number of alkyl halides is 3. The fourth-order valence-electron chi connectivity index (χ4n) is 0.983. The normalized spacial score (nSPS) is 10.7. The molecular formula is C8H5ClF2INO2. The second-order valence-corrected chi connectivity index (χ2v) is 4.02. The Balaban J connectivity index is 3.35. The van der Waals surface area contributed by atoms with Crippen molar-refractivity contribution in [2.24, 2.45) is 0 Å². The number of aromatic carboxylic acids is 1. The first-order valence-corrected chi connectivity index (χ1v) is 5.35. The molecule has 15 heavy (non-hydrogen) atoms. The fraction of sp³-hybridized carbons (Fsp3) is 0.250. The summed E-state index contributed by atoms with van der Waals surface area (Å²) >= 11 is 7.05. The number of carboxylic acid groups (broad SMARTS) is 1. The highest BCUT2D eigenvalue weighted by Gasteiger charge is 2.19. The van der Waals surface area contributed by atoms with Gasteiger partial charge < -0.3 is 5.11 Å². The van der Waals surface area contributed by atoms with E-state index in [9.17, 15) is 13.6 Å². The van der Waals surface area contributed by atoms with Crippen LogP contribution in [-0.2, 0) is 5.88 Å². The molecule has 1 heterocycles. The van der Waals surface area contributed by atoms with Gasteiger partial charge in [0.15, 0.2) is 0 Å². The first kappa shape index (κ1) is 12.6. The highest BCUT2D eigenvalue weighted by atomic mass is 127. The average molecular weight is 347 g/mol. The molecule has 0 aliphatic rings. The predicted molar refractivity (Wildman–Crippen MR) is 58.4 cm³/mol. The van der Waals surface area contributed by atoms with Gasteiger partial charge in [-0.25, -0.2) is 18.6 Å². The zero-order chi connectivity index (χ0) is 11.6. The van der Waals surface area contributed by atoms with Crippen molar-refractivity contribution in [3.05, 3.63) is 26.6 Å². The number of nitrogens with zero attached hydrogens (tertiary/aromatic N) is 1. The van der Waals surface area contributed by atoms with Crippen LogP contribution in [0.4, 0.5) is 8.78 Å². The molecule has 0 spiro atoms. The Labute approximate surface area is 103 Å². The summed E-state index contributed by atoms with van der Waals surface area (Å²) in [6.45, 7) is 0. The topological polar surface area (TPSA) is 50.2 Å². The summed E-state index contributed by atoms with van der Waals surface area (Å²) in [7, 11) is 0. The third-order valence-electron chi connectivity index (χ3n) is 1.65. The van der Waals surface area contributed by atoms with Crippen LogP contribution in [0.15, 0.2) is 6.07 Å². The minimum absolute atomic E-state index is 0.0418. The zero-order valence-electron chi connectivity index (χ0n) is 7.18. The Bertz CT molecular complexity index is 400. The molecule has 1 N–H and O–H groups in total. The van der Waals surface area contributed by atoms with Crippen molar-refractivity contribution in [2.75, 3.05) is 0 Å². The van der Waals surface area contributed by atoms with E-state index in [1.165, 1.54) is 0 Å². The van der Waals surface area contributed by atoms with E-state index in [2.05, 4.69) is 4.98 Å². The Kier molecular flexibility index (Phi) is 4.21. The van der Waals surface area contributed by atoms with Crippen molar-refractivity contribution in [2.45, 2.75) is 12.3 Å². The van der Waals surface area contributed by atoms with Gasteiger partial charge in [-0.15, -0.1) is 11.6 Å². The molecule has 82 valence electrons. The van der Waals surface area contributed by atoms with E-state index in [1.54, 1.807) is 22.6 Å². The number of aromatic nitrogens is 1. The molecule has 1 aromatic heterocycles. The summed E-state index contributed by atoms with van der Waals surface area (Å²) in [6.07, 6.45) is -2.73. The van der Waals surface area contributed by atoms with E-state index in [1.807, 2.05) is 0 Å². The first-order chi connectivity index (χ1) is 6.97. The molecule has 0 unspecified atom stereocenters. The van der Waals surface area contributed by atoms with Crippen molar-refractivity contribution in [3.63, 3.8) is 0 Å². The van der Waals surface area contributed by atoms with Gasteiger partial charge >= 0.3 is 5.97 Å². The molecule has 0 amide bonds. The van der Waals surface area contributed by atoms with E-state index in [0.29, 0.717) is 0 Å². The summed E-state index contributed by atoms with van der Waals surface area (Å²) in [5.41, 5.74) is -0.616. The van der Waals surface area contributed by atoms with Crippen LogP contribution in [0, 0.1) is 3.57 Å². The van der Waals surface area contributed by atoms with Crippen LogP contribution in [0.25, 0.3) is 0 Å². The summed E-state index contributed by atoms with van der Waals surface area (Å²) in [5, 5.41) is 8.76. The van der Waals surface area contributed by atoms with Gasteiger partial charge in [-0.3, -0.25) is 0 Å². The standard InChI is InChI=1S/C8H5ClF2INO2/c9-2-5-3(8(14)15)1-4(12)6(13-5)7(10)11/h1,7H,2H2,(H,14,15). The van der Waals surface area contributed by atoms with Crippen molar-refractivity contribution >= 4 is 40.2 Å². The lowest BCUT2D eigenvalue weighted by molar-refractivity contribution is 0.0694. The summed E-state index contributed by atoms with van der Waals surface area (Å²) < 4.78 is 25.0. The van der Waals surface area contributed by atoms with Gasteiger partial charge in [0.05, 0.1) is 17.1 Å². The average Bonchev–Trinajstić information content (AvgIpc) is 2.16. The minimum atomic E-state index is -2.73. The van der Waals surface area contributed by atoms with Crippen molar-refractivity contribution in [1.29, 1.82) is 0 Å². The second-order valence-electron chi connectivity index (χ2n) is 2.59. The van der Waals surface area contributed by atoms with Crippen molar-refractivity contribution in [3.8, 4) is 0 Å². The number of carboxylic acids is 1. The molecule has 0 bridgehead atoms. The quantitative estimate of drug-likeness (QED) is 0.675. The van der Waals surface area contributed by atoms with Crippen molar-refractivity contribution in [1.82, 2.24) is 4.98 Å². The van der Waals surface area contributed by atoms with Gasteiger partial charge in [0, 0.05) is 3.57 Å². The molecular weight excluding hydrogens is 342 g/mol. The van der Waals surface area contributed by atoms with E-state index in [4.69, 9.17) is 16.7 Å². The smallest absolute Gasteiger partial charge is 0.337 e. The number of hydrogen-bond acceptors (Lipinski definition) is 2. The molecule has 0 atom stereocenters. The molecule has 7 heteroatoms. The highest BCUT2D eigenvalue weighted by Crippen LogP contribution is 2.25. The third kappa shape index (κ3) is 2.75. The minimum Gasteiger partial charge on any atom is -0.478 e. The van der Waals surface area contributed by atoms with E-state index < -0.39 is 18.1 Å². The molecule has 1 aromatic rings. The van der Waals surface area contributed by atoms with Crippen molar-refractivity contribution < 1.29 is 18.7 Å². The van der Waals surface area contributed by atoms with Gasteiger partial charge in [0.1, 0.15) is 5.69 Å². The molecule has 3 nitrogen and oxygen atoms in total. The monoisotopic (exact) mass is 347 g/mol. The van der Waals surface area contributed by atoms with Gasteiger partial charge in [-0.2, -0.15) is 0 Å². The highest BCUT2D eigenvalue weighted by molar-refractivity contribution is 14.1. The zero-order valence-corrected chi connectivity index (χ0v) is 10.1. The third-order valence-corrected chi connectivity index (χ3v) is 2.76. The van der Waals surface area contributed by atoms with Gasteiger partial charge in [-0.05, 0) is 28.7 Å². The molecule has 0 saturated heterocycles. The van der Waals surface area contributed by atoms with E-state index in [0.717, 1.165) is 6.07 Å². The molecule has 0 aliphatic carbocycles. The lowest BCUT2D eigenvalue weighted by Gasteiger charge is -2.07. The Morgan fingerprint density at radius 1 is 1.67 bits per heavy atom. The number of halogens is 4. The number of rotatable bonds is 3. The molecule has 0 radical (unpaired) electrons.